The Morgan fingerprint density at radius 2 is 1.95 bits per heavy atom. The van der Waals surface area contributed by atoms with Crippen LogP contribution >= 0.6 is 15.9 Å². The number of nitrogen functional groups attached to an aromatic ring is 1. The molecule has 20 heavy (non-hydrogen) atoms. The minimum absolute atomic E-state index is 0.274. The maximum Gasteiger partial charge on any atom is 0.0992 e. The van der Waals surface area contributed by atoms with E-state index in [1.807, 2.05) is 18.2 Å². The van der Waals surface area contributed by atoms with Crippen LogP contribution in [0.4, 0.5) is 17.1 Å². The van der Waals surface area contributed by atoms with Crippen molar-refractivity contribution in [1.82, 2.24) is 0 Å². The van der Waals surface area contributed by atoms with Crippen LogP contribution in [0.5, 0.6) is 0 Å². The molecule has 2 rings (SSSR count). The van der Waals surface area contributed by atoms with Crippen molar-refractivity contribution in [1.29, 1.82) is 10.5 Å². The van der Waals surface area contributed by atoms with Gasteiger partial charge < -0.3 is 11.1 Å². The smallest absolute Gasteiger partial charge is 0.0992 e. The zero-order valence-corrected chi connectivity index (χ0v) is 12.1. The van der Waals surface area contributed by atoms with Crippen LogP contribution in [0.1, 0.15) is 11.1 Å². The second-order valence-corrected chi connectivity index (χ2v) is 5.03. The van der Waals surface area contributed by atoms with Gasteiger partial charge in [0.2, 0.25) is 0 Å². The highest BCUT2D eigenvalue weighted by atomic mass is 79.9. The van der Waals surface area contributed by atoms with Crippen LogP contribution in [0.2, 0.25) is 0 Å². The van der Waals surface area contributed by atoms with E-state index in [9.17, 15) is 0 Å². The maximum atomic E-state index is 8.83. The largest absolute Gasteiger partial charge is 0.398 e. The number of rotatable bonds is 3. The number of hydrogen-bond donors (Lipinski definition) is 2. The van der Waals surface area contributed by atoms with Crippen molar-refractivity contribution in [3.8, 4) is 12.1 Å². The zero-order chi connectivity index (χ0) is 14.5. The Balaban J connectivity index is 2.29. The summed E-state index contributed by atoms with van der Waals surface area (Å²) in [6.45, 7) is 0. The molecule has 3 N–H and O–H groups in total. The maximum absolute atomic E-state index is 8.83. The first-order valence-electron chi connectivity index (χ1n) is 5.86. The summed E-state index contributed by atoms with van der Waals surface area (Å²) in [4.78, 5) is 0. The Kier molecular flexibility index (Phi) is 4.24. The molecule has 0 saturated heterocycles. The van der Waals surface area contributed by atoms with Crippen molar-refractivity contribution >= 4 is 33.0 Å². The number of nitriles is 2. The fraction of sp³-hybridized carbons (Fsp3) is 0.0667. The fourth-order valence-electron chi connectivity index (χ4n) is 1.76. The van der Waals surface area contributed by atoms with Gasteiger partial charge in [0.1, 0.15) is 0 Å². The molecule has 0 unspecified atom stereocenters. The molecular weight excluding hydrogens is 316 g/mol. The lowest BCUT2D eigenvalue weighted by Gasteiger charge is -2.11. The second-order valence-electron chi connectivity index (χ2n) is 4.18. The van der Waals surface area contributed by atoms with E-state index in [0.717, 1.165) is 21.4 Å². The Bertz CT molecular complexity index is 726. The lowest BCUT2D eigenvalue weighted by Crippen LogP contribution is -1.97. The van der Waals surface area contributed by atoms with Gasteiger partial charge in [-0.05, 0) is 57.9 Å². The van der Waals surface area contributed by atoms with Gasteiger partial charge in [0, 0.05) is 15.8 Å². The lowest BCUT2D eigenvalue weighted by atomic mass is 10.1. The predicted molar refractivity (Wildman–Crippen MR) is 82.3 cm³/mol. The van der Waals surface area contributed by atoms with E-state index < -0.39 is 0 Å². The standard InChI is InChI=1S/C15H11BrN4/c16-13-7-10(9-18)1-4-15(13)20-12-2-3-14(19)11(8-12)5-6-17/h1-4,7-8,20H,5,19H2. The first-order valence-corrected chi connectivity index (χ1v) is 6.65. The first kappa shape index (κ1) is 13.9. The van der Waals surface area contributed by atoms with Gasteiger partial charge in [0.15, 0.2) is 0 Å². The molecule has 0 heterocycles. The van der Waals surface area contributed by atoms with Gasteiger partial charge in [-0.3, -0.25) is 0 Å². The van der Waals surface area contributed by atoms with Crippen molar-refractivity contribution in [2.24, 2.45) is 0 Å². The molecule has 4 nitrogen and oxygen atoms in total. The van der Waals surface area contributed by atoms with E-state index in [-0.39, 0.29) is 6.42 Å². The number of nitrogens with zero attached hydrogens (tertiary/aromatic N) is 2. The van der Waals surface area contributed by atoms with Crippen LogP contribution in [-0.4, -0.2) is 0 Å². The van der Waals surface area contributed by atoms with Gasteiger partial charge in [-0.2, -0.15) is 10.5 Å². The molecule has 0 saturated carbocycles. The molecule has 0 atom stereocenters. The minimum Gasteiger partial charge on any atom is -0.398 e. The number of nitrogens with one attached hydrogen (secondary N) is 1. The summed E-state index contributed by atoms with van der Waals surface area (Å²) in [5.74, 6) is 0. The molecule has 98 valence electrons. The first-order chi connectivity index (χ1) is 9.63. The summed E-state index contributed by atoms with van der Waals surface area (Å²) in [6.07, 6.45) is 0.274. The number of benzene rings is 2. The van der Waals surface area contributed by atoms with Crippen LogP contribution in [-0.2, 0) is 6.42 Å². The van der Waals surface area contributed by atoms with Gasteiger partial charge >= 0.3 is 0 Å². The number of nitrogens with two attached hydrogens (primary N) is 1. The van der Waals surface area contributed by atoms with Crippen LogP contribution in [0.25, 0.3) is 0 Å². The summed E-state index contributed by atoms with van der Waals surface area (Å²) in [6, 6.07) is 14.9. The van der Waals surface area contributed by atoms with E-state index in [4.69, 9.17) is 16.3 Å². The summed E-state index contributed by atoms with van der Waals surface area (Å²) < 4.78 is 0.801. The van der Waals surface area contributed by atoms with Crippen LogP contribution in [0, 0.1) is 22.7 Å². The lowest BCUT2D eigenvalue weighted by molar-refractivity contribution is 1.27. The zero-order valence-electron chi connectivity index (χ0n) is 10.5. The van der Waals surface area contributed by atoms with Gasteiger partial charge in [-0.25, -0.2) is 0 Å². The van der Waals surface area contributed by atoms with Crippen molar-refractivity contribution in [2.75, 3.05) is 11.1 Å². The van der Waals surface area contributed by atoms with Gasteiger partial charge in [-0.1, -0.05) is 0 Å². The molecule has 0 spiro atoms. The van der Waals surface area contributed by atoms with Gasteiger partial charge in [-0.15, -0.1) is 0 Å². The third-order valence-electron chi connectivity index (χ3n) is 2.79. The SMILES string of the molecule is N#CCc1cc(Nc2ccc(C#N)cc2Br)ccc1N. The van der Waals surface area contributed by atoms with Crippen LogP contribution < -0.4 is 11.1 Å². The van der Waals surface area contributed by atoms with E-state index in [2.05, 4.69) is 33.4 Å². The van der Waals surface area contributed by atoms with E-state index in [0.29, 0.717) is 11.3 Å². The molecule has 0 aliphatic heterocycles. The number of anilines is 3. The molecule has 0 fully saturated rings. The van der Waals surface area contributed by atoms with Gasteiger partial charge in [0.05, 0.1) is 29.8 Å². The number of halogens is 1. The quantitative estimate of drug-likeness (QED) is 0.842. The fourth-order valence-corrected chi connectivity index (χ4v) is 2.24. The summed E-state index contributed by atoms with van der Waals surface area (Å²) in [7, 11) is 0. The monoisotopic (exact) mass is 326 g/mol. The van der Waals surface area contributed by atoms with Crippen LogP contribution in [0.15, 0.2) is 40.9 Å². The Morgan fingerprint density at radius 1 is 1.15 bits per heavy atom. The van der Waals surface area contributed by atoms with Crippen LogP contribution in [0.3, 0.4) is 0 Å². The normalized spacial score (nSPS) is 9.55. The Morgan fingerprint density at radius 3 is 2.60 bits per heavy atom. The Labute approximate surface area is 125 Å². The highest BCUT2D eigenvalue weighted by Gasteiger charge is 2.04. The summed E-state index contributed by atoms with van der Waals surface area (Å²) >= 11 is 3.42. The average Bonchev–Trinajstić information content (AvgIpc) is 2.45. The average molecular weight is 327 g/mol. The molecule has 5 heteroatoms. The topological polar surface area (TPSA) is 85.6 Å². The highest BCUT2D eigenvalue weighted by Crippen LogP contribution is 2.28. The highest BCUT2D eigenvalue weighted by molar-refractivity contribution is 9.10. The summed E-state index contributed by atoms with van der Waals surface area (Å²) in [5, 5.41) is 20.8. The third-order valence-corrected chi connectivity index (χ3v) is 3.45. The Hall–Kier alpha value is -2.50. The molecule has 0 aromatic heterocycles. The molecule has 0 bridgehead atoms. The van der Waals surface area contributed by atoms with E-state index in [1.165, 1.54) is 0 Å². The van der Waals surface area contributed by atoms with E-state index in [1.54, 1.807) is 18.2 Å². The molecule has 0 radical (unpaired) electrons. The molecule has 0 aliphatic carbocycles. The van der Waals surface area contributed by atoms with Crippen molar-refractivity contribution < 1.29 is 0 Å². The molecule has 2 aromatic rings. The van der Waals surface area contributed by atoms with Crippen molar-refractivity contribution in [2.45, 2.75) is 6.42 Å². The van der Waals surface area contributed by atoms with E-state index >= 15 is 0 Å². The molecule has 0 aliphatic rings. The molecule has 2 aromatic carbocycles. The molecular formula is C15H11BrN4. The minimum atomic E-state index is 0.274. The predicted octanol–water partition coefficient (Wildman–Crippen LogP) is 3.71. The van der Waals surface area contributed by atoms with Crippen molar-refractivity contribution in [3.63, 3.8) is 0 Å². The third kappa shape index (κ3) is 3.09. The summed E-state index contributed by atoms with van der Waals surface area (Å²) in [5.41, 5.74) is 9.49. The second kappa shape index (κ2) is 6.10. The molecule has 0 amide bonds. The van der Waals surface area contributed by atoms with Crippen molar-refractivity contribution in [3.05, 3.63) is 52.0 Å². The van der Waals surface area contributed by atoms with Gasteiger partial charge in [0.25, 0.3) is 0 Å². The number of hydrogen-bond acceptors (Lipinski definition) is 4.